The van der Waals surface area contributed by atoms with Gasteiger partial charge in [-0.05, 0) is 42.7 Å². The molecule has 3 aromatic rings. The molecule has 0 heterocycles. The monoisotopic (exact) mass is 491 g/mol. The van der Waals surface area contributed by atoms with Gasteiger partial charge in [-0.15, -0.1) is 13.2 Å². The molecule has 0 spiro atoms. The summed E-state index contributed by atoms with van der Waals surface area (Å²) in [5.41, 5.74) is 3.25. The molecule has 1 nitrogen and oxygen atoms in total. The highest BCUT2D eigenvalue weighted by Gasteiger charge is 2.35. The van der Waals surface area contributed by atoms with Crippen molar-refractivity contribution in [1.29, 1.82) is 0 Å². The summed E-state index contributed by atoms with van der Waals surface area (Å²) in [6.07, 6.45) is -3.20. The van der Waals surface area contributed by atoms with Crippen LogP contribution in [-0.4, -0.2) is 0 Å². The maximum atomic E-state index is 14.1. The summed E-state index contributed by atoms with van der Waals surface area (Å²) in [7, 11) is 0. The number of halogens is 5. The molecule has 6 heteroatoms. The Morgan fingerprint density at radius 1 is 0.771 bits per heavy atom. The smallest absolute Gasteiger partial charge is 0.381 e. The van der Waals surface area contributed by atoms with Crippen molar-refractivity contribution in [2.24, 2.45) is 5.92 Å². The fourth-order valence-corrected chi connectivity index (χ4v) is 3.09. The van der Waals surface area contributed by atoms with Gasteiger partial charge >= 0.3 is 6.18 Å². The van der Waals surface area contributed by atoms with Crippen molar-refractivity contribution in [3.63, 3.8) is 0 Å². The van der Waals surface area contributed by atoms with Crippen molar-refractivity contribution in [2.45, 2.75) is 52.8 Å². The number of nitrogens with one attached hydrogen (secondary N) is 1. The third-order valence-corrected chi connectivity index (χ3v) is 5.25. The Labute approximate surface area is 205 Å². The summed E-state index contributed by atoms with van der Waals surface area (Å²) in [6, 6.07) is 20.1. The minimum Gasteiger partial charge on any atom is -0.381 e. The molecule has 3 aromatic carbocycles. The van der Waals surface area contributed by atoms with Crippen LogP contribution in [-0.2, 0) is 25.1 Å². The van der Waals surface area contributed by atoms with Crippen LogP contribution in [0.4, 0.5) is 27.6 Å². The molecule has 35 heavy (non-hydrogen) atoms. The van der Waals surface area contributed by atoms with Crippen molar-refractivity contribution >= 4 is 5.69 Å². The van der Waals surface area contributed by atoms with Gasteiger partial charge in [0.05, 0.1) is 5.56 Å². The lowest BCUT2D eigenvalue weighted by Gasteiger charge is -2.21. The fraction of sp³-hybridized carbons (Fsp3) is 0.310. The predicted octanol–water partition coefficient (Wildman–Crippen LogP) is 9.42. The summed E-state index contributed by atoms with van der Waals surface area (Å²) in [5.74, 6) is -3.52. The van der Waals surface area contributed by atoms with E-state index >= 15 is 0 Å². The first-order chi connectivity index (χ1) is 16.4. The van der Waals surface area contributed by atoms with Gasteiger partial charge < -0.3 is 5.32 Å². The number of alkyl halides is 5. The van der Waals surface area contributed by atoms with Crippen LogP contribution in [0.25, 0.3) is 0 Å². The van der Waals surface area contributed by atoms with Crippen molar-refractivity contribution in [3.05, 3.63) is 114 Å². The van der Waals surface area contributed by atoms with Gasteiger partial charge in [0.1, 0.15) is 0 Å². The number of rotatable bonds is 6. The third kappa shape index (κ3) is 9.55. The quantitative estimate of drug-likeness (QED) is 0.267. The van der Waals surface area contributed by atoms with Crippen LogP contribution in [0.5, 0.6) is 0 Å². The topological polar surface area (TPSA) is 12.0 Å². The second-order valence-electron chi connectivity index (χ2n) is 8.25. The molecular formula is C29H34F5N. The van der Waals surface area contributed by atoms with Gasteiger partial charge in [0, 0.05) is 23.7 Å². The maximum absolute atomic E-state index is 14.1. The van der Waals surface area contributed by atoms with Crippen LogP contribution in [0.3, 0.4) is 0 Å². The average molecular weight is 492 g/mol. The number of hydrogen-bond acceptors (Lipinski definition) is 1. The van der Waals surface area contributed by atoms with E-state index in [9.17, 15) is 22.0 Å². The first kappa shape index (κ1) is 29.9. The molecule has 190 valence electrons. The summed E-state index contributed by atoms with van der Waals surface area (Å²) in [4.78, 5) is 0. The second-order valence-corrected chi connectivity index (χ2v) is 8.25. The Morgan fingerprint density at radius 3 is 1.80 bits per heavy atom. The van der Waals surface area contributed by atoms with Crippen LogP contribution in [0.15, 0.2) is 86.0 Å². The van der Waals surface area contributed by atoms with E-state index in [1.807, 2.05) is 6.07 Å². The van der Waals surface area contributed by atoms with E-state index < -0.39 is 23.6 Å². The van der Waals surface area contributed by atoms with E-state index in [0.29, 0.717) is 12.1 Å². The summed E-state index contributed by atoms with van der Waals surface area (Å²) < 4.78 is 64.1. The largest absolute Gasteiger partial charge is 0.416 e. The highest BCUT2D eigenvalue weighted by Crippen LogP contribution is 2.36. The van der Waals surface area contributed by atoms with E-state index in [4.69, 9.17) is 0 Å². The van der Waals surface area contributed by atoms with Gasteiger partial charge in [0.25, 0.3) is 5.92 Å². The molecule has 0 saturated heterocycles. The Hall–Kier alpha value is -3.15. The molecular weight excluding hydrogens is 457 g/mol. The average Bonchev–Trinajstić information content (AvgIpc) is 2.84. The summed E-state index contributed by atoms with van der Waals surface area (Å²) >= 11 is 0. The van der Waals surface area contributed by atoms with E-state index in [1.54, 1.807) is 25.1 Å². The molecule has 0 aliphatic heterocycles. The third-order valence-electron chi connectivity index (χ3n) is 5.25. The van der Waals surface area contributed by atoms with Crippen molar-refractivity contribution in [1.82, 2.24) is 0 Å². The zero-order chi connectivity index (χ0) is 26.6. The summed E-state index contributed by atoms with van der Waals surface area (Å²) in [5, 5.41) is 3.22. The van der Waals surface area contributed by atoms with Crippen LogP contribution < -0.4 is 5.32 Å². The van der Waals surface area contributed by atoms with Crippen LogP contribution in [0, 0.1) is 12.8 Å². The van der Waals surface area contributed by atoms with E-state index in [1.165, 1.54) is 31.5 Å². The maximum Gasteiger partial charge on any atom is 0.416 e. The fourth-order valence-electron chi connectivity index (χ4n) is 3.09. The Balaban J connectivity index is 0.000000395. The van der Waals surface area contributed by atoms with E-state index in [-0.39, 0.29) is 5.56 Å². The van der Waals surface area contributed by atoms with Gasteiger partial charge in [-0.25, -0.2) is 8.78 Å². The Bertz CT molecular complexity index is 1020. The van der Waals surface area contributed by atoms with Gasteiger partial charge in [-0.2, -0.15) is 13.2 Å². The zero-order valence-corrected chi connectivity index (χ0v) is 20.7. The SMILES string of the molecule is C=C.CCc1ccc(CNc2cccc(C(F)(F)C(C)C)c2)cc1.Cc1cccc(C(F)(F)F)c1. The lowest BCUT2D eigenvalue weighted by Crippen LogP contribution is -2.21. The van der Waals surface area contributed by atoms with Gasteiger partial charge in [-0.1, -0.05) is 80.9 Å². The van der Waals surface area contributed by atoms with Gasteiger partial charge in [-0.3, -0.25) is 0 Å². The highest BCUT2D eigenvalue weighted by atomic mass is 19.4. The lowest BCUT2D eigenvalue weighted by atomic mass is 9.97. The number of anilines is 1. The molecule has 0 fully saturated rings. The van der Waals surface area contributed by atoms with Crippen LogP contribution >= 0.6 is 0 Å². The standard InChI is InChI=1S/C19H23F2N.C8H7F3.C2H4/c1-4-15-8-10-16(11-9-15)13-22-18-7-5-6-17(12-18)19(20,21)14(2)3;1-6-3-2-4-7(5-6)8(9,10)11;1-2/h5-12,14,22H,4,13H2,1-3H3;2-5H,1H3;1-2H2. The van der Waals surface area contributed by atoms with Crippen LogP contribution in [0.1, 0.15) is 48.6 Å². The minimum absolute atomic E-state index is 0.0637. The molecule has 0 saturated carbocycles. The predicted molar refractivity (Wildman–Crippen MR) is 136 cm³/mol. The Morgan fingerprint density at radius 2 is 1.31 bits per heavy atom. The lowest BCUT2D eigenvalue weighted by molar-refractivity contribution is -0.137. The van der Waals surface area contributed by atoms with Crippen molar-refractivity contribution in [3.8, 4) is 0 Å². The first-order valence-corrected chi connectivity index (χ1v) is 11.4. The summed E-state index contributed by atoms with van der Waals surface area (Å²) in [6.45, 7) is 13.5. The number of aryl methyl sites for hydroxylation is 2. The highest BCUT2D eigenvalue weighted by molar-refractivity contribution is 5.47. The van der Waals surface area contributed by atoms with Crippen molar-refractivity contribution < 1.29 is 22.0 Å². The van der Waals surface area contributed by atoms with Gasteiger partial charge in [0.15, 0.2) is 0 Å². The molecule has 0 aliphatic rings. The van der Waals surface area contributed by atoms with Gasteiger partial charge in [0.2, 0.25) is 0 Å². The van der Waals surface area contributed by atoms with Crippen LogP contribution in [0.2, 0.25) is 0 Å². The normalized spacial score (nSPS) is 11.1. The molecule has 0 unspecified atom stereocenters. The first-order valence-electron chi connectivity index (χ1n) is 11.4. The zero-order valence-electron chi connectivity index (χ0n) is 20.7. The molecule has 0 aliphatic carbocycles. The molecule has 3 rings (SSSR count). The number of hydrogen-bond donors (Lipinski definition) is 1. The molecule has 0 aromatic heterocycles. The molecule has 0 amide bonds. The van der Waals surface area contributed by atoms with Crippen molar-refractivity contribution in [2.75, 3.05) is 5.32 Å². The van der Waals surface area contributed by atoms with E-state index in [2.05, 4.69) is 49.7 Å². The second kappa shape index (κ2) is 13.7. The van der Waals surface area contributed by atoms with E-state index in [0.717, 1.165) is 29.8 Å². The molecule has 1 N–H and O–H groups in total. The minimum atomic E-state index is -4.22. The Kier molecular flexibility index (Phi) is 11.7. The molecule has 0 radical (unpaired) electrons. The molecule has 0 bridgehead atoms. The number of benzene rings is 3. The molecule has 0 atom stereocenters.